The molecule has 3 rings (SSSR count). The van der Waals surface area contributed by atoms with Crippen LogP contribution >= 0.6 is 11.6 Å². The third-order valence-corrected chi connectivity index (χ3v) is 7.74. The highest BCUT2D eigenvalue weighted by Crippen LogP contribution is 2.42. The van der Waals surface area contributed by atoms with E-state index in [1.165, 1.54) is 4.90 Å². The number of nitrogens with zero attached hydrogens (tertiary/aromatic N) is 1. The van der Waals surface area contributed by atoms with Gasteiger partial charge < -0.3 is 9.47 Å². The second kappa shape index (κ2) is 9.14. The quantitative estimate of drug-likeness (QED) is 0.647. The maximum atomic E-state index is 13.0. The second-order valence-corrected chi connectivity index (χ2v) is 10.2. The van der Waals surface area contributed by atoms with Crippen LogP contribution in [0.3, 0.4) is 0 Å². The van der Waals surface area contributed by atoms with E-state index in [1.54, 1.807) is 25.2 Å². The van der Waals surface area contributed by atoms with Gasteiger partial charge in [-0.25, -0.2) is 4.79 Å². The lowest BCUT2D eigenvalue weighted by molar-refractivity contribution is -0.133. The van der Waals surface area contributed by atoms with E-state index in [4.69, 9.17) is 21.1 Å². The predicted octanol–water partition coefficient (Wildman–Crippen LogP) is 3.53. The second-order valence-electron chi connectivity index (χ2n) is 8.24. The summed E-state index contributed by atoms with van der Waals surface area (Å²) in [6.07, 6.45) is 1.92. The van der Waals surface area contributed by atoms with E-state index < -0.39 is 22.4 Å². The van der Waals surface area contributed by atoms with Gasteiger partial charge in [0, 0.05) is 46.0 Å². The van der Waals surface area contributed by atoms with Crippen molar-refractivity contribution < 1.29 is 23.3 Å². The van der Waals surface area contributed by atoms with Crippen LogP contribution in [0.4, 0.5) is 4.79 Å². The first-order valence-electron chi connectivity index (χ1n) is 9.90. The Morgan fingerprint density at radius 3 is 2.66 bits per heavy atom. The highest BCUT2D eigenvalue weighted by molar-refractivity contribution is 7.85. The Kier molecular flexibility index (Phi) is 7.02. The number of amides is 1. The summed E-state index contributed by atoms with van der Waals surface area (Å²) in [5, 5.41) is 0.458. The number of rotatable bonds is 7. The SMILES string of the molecule is CN(C(=O)OCCS(=O)CC1(C)COC1)C1(c2ccccc2Cl)CCCCC1=O. The number of Topliss-reactive ketones (excluding diaryl/α,β-unsaturated/α-hetero) is 1. The van der Waals surface area contributed by atoms with Gasteiger partial charge >= 0.3 is 6.09 Å². The molecule has 1 aliphatic heterocycles. The maximum absolute atomic E-state index is 13.0. The first-order chi connectivity index (χ1) is 13.8. The number of benzene rings is 1. The standard InChI is InChI=1S/C21H28ClNO5S/c1-20(13-27-14-20)15-29(26)12-11-28-19(25)23(2)21(10-6-5-9-18(21)24)16-7-3-4-8-17(16)22/h3-4,7-8H,5-6,9-15H2,1-2H3. The molecule has 1 aromatic carbocycles. The number of hydrogen-bond acceptors (Lipinski definition) is 5. The van der Waals surface area contributed by atoms with Crippen LogP contribution in [0.1, 0.15) is 38.2 Å². The summed E-state index contributed by atoms with van der Waals surface area (Å²) < 4.78 is 22.8. The molecule has 0 spiro atoms. The Bertz CT molecular complexity index is 797. The molecule has 8 heteroatoms. The third-order valence-electron chi connectivity index (χ3n) is 5.77. The normalized spacial score (nSPS) is 24.4. The average Bonchev–Trinajstić information content (AvgIpc) is 2.67. The molecule has 1 aliphatic carbocycles. The van der Waals surface area contributed by atoms with Crippen LogP contribution in [0, 0.1) is 5.41 Å². The summed E-state index contributed by atoms with van der Waals surface area (Å²) >= 11 is 6.41. The Morgan fingerprint density at radius 2 is 2.03 bits per heavy atom. The van der Waals surface area contributed by atoms with Crippen LogP contribution in [0.2, 0.25) is 5.02 Å². The highest BCUT2D eigenvalue weighted by atomic mass is 35.5. The average molecular weight is 442 g/mol. The number of halogens is 1. The predicted molar refractivity (Wildman–Crippen MR) is 113 cm³/mol. The van der Waals surface area contributed by atoms with Gasteiger partial charge in [-0.2, -0.15) is 0 Å². The van der Waals surface area contributed by atoms with E-state index in [9.17, 15) is 13.8 Å². The van der Waals surface area contributed by atoms with Crippen LogP contribution < -0.4 is 0 Å². The maximum Gasteiger partial charge on any atom is 0.410 e. The fraction of sp³-hybridized carbons (Fsp3) is 0.619. The molecule has 160 valence electrons. The van der Waals surface area contributed by atoms with Gasteiger partial charge in [0.15, 0.2) is 5.78 Å². The summed E-state index contributed by atoms with van der Waals surface area (Å²) in [5.41, 5.74) is -0.537. The Balaban J connectivity index is 1.67. The van der Waals surface area contributed by atoms with Crippen molar-refractivity contribution in [2.45, 2.75) is 38.1 Å². The third kappa shape index (κ3) is 4.67. The lowest BCUT2D eigenvalue weighted by Gasteiger charge is -2.43. The number of ketones is 1. The first kappa shape index (κ1) is 22.2. The molecule has 1 heterocycles. The summed E-state index contributed by atoms with van der Waals surface area (Å²) in [6, 6.07) is 7.14. The first-order valence-corrected chi connectivity index (χ1v) is 11.8. The molecular weight excluding hydrogens is 414 g/mol. The largest absolute Gasteiger partial charge is 0.448 e. The Morgan fingerprint density at radius 1 is 1.31 bits per heavy atom. The number of ether oxygens (including phenoxy) is 2. The van der Waals surface area contributed by atoms with E-state index in [2.05, 4.69) is 0 Å². The molecule has 1 amide bonds. The van der Waals surface area contributed by atoms with Crippen molar-refractivity contribution in [1.82, 2.24) is 4.90 Å². The number of hydrogen-bond donors (Lipinski definition) is 0. The molecule has 2 fully saturated rings. The monoisotopic (exact) mass is 441 g/mol. The van der Waals surface area contributed by atoms with Gasteiger partial charge in [-0.15, -0.1) is 0 Å². The molecule has 2 unspecified atom stereocenters. The molecule has 1 saturated carbocycles. The van der Waals surface area contributed by atoms with Gasteiger partial charge in [-0.3, -0.25) is 13.9 Å². The zero-order valence-electron chi connectivity index (χ0n) is 16.9. The van der Waals surface area contributed by atoms with E-state index in [0.29, 0.717) is 42.4 Å². The number of carbonyl (C=O) groups is 2. The molecular formula is C21H28ClNO5S. The lowest BCUT2D eigenvalue weighted by atomic mass is 9.74. The molecule has 1 saturated heterocycles. The molecule has 29 heavy (non-hydrogen) atoms. The molecule has 0 bridgehead atoms. The van der Waals surface area contributed by atoms with Crippen LogP contribution in [0.5, 0.6) is 0 Å². The van der Waals surface area contributed by atoms with Crippen LogP contribution in [0.15, 0.2) is 24.3 Å². The van der Waals surface area contributed by atoms with Crippen LogP contribution in [-0.4, -0.2) is 59.4 Å². The summed E-state index contributed by atoms with van der Waals surface area (Å²) in [6.45, 7) is 3.31. The minimum atomic E-state index is -1.12. The van der Waals surface area contributed by atoms with Crippen LogP contribution in [-0.2, 0) is 30.6 Å². The van der Waals surface area contributed by atoms with E-state index in [-0.39, 0.29) is 23.6 Å². The van der Waals surface area contributed by atoms with Gasteiger partial charge in [-0.1, -0.05) is 36.7 Å². The van der Waals surface area contributed by atoms with Crippen molar-refractivity contribution in [3.05, 3.63) is 34.9 Å². The fourth-order valence-electron chi connectivity index (χ4n) is 4.10. The molecule has 2 aliphatic rings. The van der Waals surface area contributed by atoms with E-state index in [1.807, 2.05) is 13.0 Å². The zero-order chi connectivity index (χ0) is 21.1. The van der Waals surface area contributed by atoms with Crippen molar-refractivity contribution in [3.63, 3.8) is 0 Å². The number of likely N-dealkylation sites (N-methyl/N-ethyl adjacent to an activating group) is 1. The molecule has 1 aromatic rings. The zero-order valence-corrected chi connectivity index (χ0v) is 18.5. The van der Waals surface area contributed by atoms with Crippen molar-refractivity contribution in [3.8, 4) is 0 Å². The fourth-order valence-corrected chi connectivity index (χ4v) is 5.75. The van der Waals surface area contributed by atoms with Crippen LogP contribution in [0.25, 0.3) is 0 Å². The van der Waals surface area contributed by atoms with Crippen molar-refractivity contribution in [1.29, 1.82) is 0 Å². The Hall–Kier alpha value is -1.44. The minimum absolute atomic E-state index is 0.0298. The van der Waals surface area contributed by atoms with Gasteiger partial charge in [0.1, 0.15) is 12.1 Å². The minimum Gasteiger partial charge on any atom is -0.448 e. The molecule has 0 N–H and O–H groups in total. The van der Waals surface area contributed by atoms with Gasteiger partial charge in [0.25, 0.3) is 0 Å². The molecule has 0 radical (unpaired) electrons. The summed E-state index contributed by atoms with van der Waals surface area (Å²) in [4.78, 5) is 27.2. The van der Waals surface area contributed by atoms with E-state index in [0.717, 1.165) is 12.8 Å². The summed E-state index contributed by atoms with van der Waals surface area (Å²) in [7, 11) is 0.489. The van der Waals surface area contributed by atoms with Gasteiger partial charge in [0.05, 0.1) is 19.0 Å². The molecule has 2 atom stereocenters. The molecule has 0 aromatic heterocycles. The Labute approximate surface area is 179 Å². The van der Waals surface area contributed by atoms with Gasteiger partial charge in [-0.05, 0) is 25.3 Å². The summed E-state index contributed by atoms with van der Waals surface area (Å²) in [5.74, 6) is 0.766. The topological polar surface area (TPSA) is 72.9 Å². The molecule has 6 nitrogen and oxygen atoms in total. The highest BCUT2D eigenvalue weighted by Gasteiger charge is 2.48. The number of carbonyl (C=O) groups excluding carboxylic acids is 2. The van der Waals surface area contributed by atoms with Gasteiger partial charge in [0.2, 0.25) is 0 Å². The van der Waals surface area contributed by atoms with Crippen molar-refractivity contribution >= 4 is 34.3 Å². The van der Waals surface area contributed by atoms with Crippen molar-refractivity contribution in [2.75, 3.05) is 38.4 Å². The lowest BCUT2D eigenvalue weighted by Crippen LogP contribution is -2.54. The smallest absolute Gasteiger partial charge is 0.410 e. The van der Waals surface area contributed by atoms with E-state index >= 15 is 0 Å². The van der Waals surface area contributed by atoms with Crippen molar-refractivity contribution in [2.24, 2.45) is 5.41 Å².